The summed E-state index contributed by atoms with van der Waals surface area (Å²) >= 11 is 1.88. The average Bonchev–Trinajstić information content (AvgIpc) is 3.14. The molecule has 0 spiro atoms. The largest absolute Gasteiger partial charge is 0.349 e. The Balaban J connectivity index is 1.77. The fourth-order valence-corrected chi connectivity index (χ4v) is 4.67. The van der Waals surface area contributed by atoms with Crippen LogP contribution in [0, 0.1) is 0 Å². The SMILES string of the molecule is CC1c2ccsc2CCN1c1nc2c(cc1CN)CCC2. The number of hydrogen-bond acceptors (Lipinski definition) is 4. The summed E-state index contributed by atoms with van der Waals surface area (Å²) in [6.07, 6.45) is 4.65. The monoisotopic (exact) mass is 299 g/mol. The molecule has 0 radical (unpaired) electrons. The van der Waals surface area contributed by atoms with Crippen molar-refractivity contribution < 1.29 is 0 Å². The Morgan fingerprint density at radius 1 is 1.38 bits per heavy atom. The maximum Gasteiger partial charge on any atom is 0.133 e. The smallest absolute Gasteiger partial charge is 0.133 e. The highest BCUT2D eigenvalue weighted by atomic mass is 32.1. The molecule has 0 saturated carbocycles. The first-order valence-electron chi connectivity index (χ1n) is 7.82. The van der Waals surface area contributed by atoms with Gasteiger partial charge in [0.05, 0.1) is 6.04 Å². The molecule has 1 unspecified atom stereocenters. The van der Waals surface area contributed by atoms with E-state index in [0.717, 1.165) is 25.2 Å². The Kier molecular flexibility index (Phi) is 3.23. The Morgan fingerprint density at radius 3 is 3.14 bits per heavy atom. The molecule has 1 atom stereocenters. The second-order valence-electron chi connectivity index (χ2n) is 6.05. The lowest BCUT2D eigenvalue weighted by molar-refractivity contribution is 0.620. The van der Waals surface area contributed by atoms with Crippen molar-refractivity contribution >= 4 is 17.2 Å². The van der Waals surface area contributed by atoms with Crippen molar-refractivity contribution in [3.8, 4) is 0 Å². The maximum atomic E-state index is 6.01. The fraction of sp³-hybridized carbons (Fsp3) is 0.471. The zero-order valence-electron chi connectivity index (χ0n) is 12.4. The van der Waals surface area contributed by atoms with Crippen LogP contribution in [0.2, 0.25) is 0 Å². The average molecular weight is 299 g/mol. The molecule has 2 aromatic rings. The number of fused-ring (bicyclic) bond motifs is 2. The Morgan fingerprint density at radius 2 is 2.29 bits per heavy atom. The number of anilines is 1. The van der Waals surface area contributed by atoms with Crippen molar-refractivity contribution in [2.24, 2.45) is 5.73 Å². The lowest BCUT2D eigenvalue weighted by atomic mass is 10.0. The van der Waals surface area contributed by atoms with Gasteiger partial charge >= 0.3 is 0 Å². The minimum Gasteiger partial charge on any atom is -0.349 e. The lowest BCUT2D eigenvalue weighted by Crippen LogP contribution is -2.35. The number of nitrogens with zero attached hydrogens (tertiary/aromatic N) is 2. The quantitative estimate of drug-likeness (QED) is 0.926. The molecule has 1 aliphatic heterocycles. The van der Waals surface area contributed by atoms with Gasteiger partial charge in [-0.25, -0.2) is 4.98 Å². The fourth-order valence-electron chi connectivity index (χ4n) is 3.71. The Bertz CT molecular complexity index is 677. The summed E-state index contributed by atoms with van der Waals surface area (Å²) < 4.78 is 0. The standard InChI is InChI=1S/C17H21N3S/c1-11-14-6-8-21-16(14)5-7-20(11)17-13(10-18)9-12-3-2-4-15(12)19-17/h6,8-9,11H,2-5,7,10,18H2,1H3. The van der Waals surface area contributed by atoms with Crippen LogP contribution in [0.25, 0.3) is 0 Å². The highest BCUT2D eigenvalue weighted by molar-refractivity contribution is 7.10. The molecule has 4 rings (SSSR count). The van der Waals surface area contributed by atoms with Crippen LogP contribution in [-0.2, 0) is 25.8 Å². The summed E-state index contributed by atoms with van der Waals surface area (Å²) in [4.78, 5) is 9.00. The lowest BCUT2D eigenvalue weighted by Gasteiger charge is -2.36. The number of hydrogen-bond donors (Lipinski definition) is 1. The van der Waals surface area contributed by atoms with Crippen molar-refractivity contribution in [3.63, 3.8) is 0 Å². The second kappa shape index (κ2) is 5.11. The van der Waals surface area contributed by atoms with Crippen molar-refractivity contribution in [2.45, 2.75) is 45.2 Å². The summed E-state index contributed by atoms with van der Waals surface area (Å²) in [5.74, 6) is 1.13. The number of nitrogens with two attached hydrogens (primary N) is 1. The zero-order chi connectivity index (χ0) is 14.4. The highest BCUT2D eigenvalue weighted by Crippen LogP contribution is 2.37. The van der Waals surface area contributed by atoms with E-state index in [2.05, 4.69) is 29.3 Å². The number of rotatable bonds is 2. The van der Waals surface area contributed by atoms with Crippen LogP contribution >= 0.6 is 11.3 Å². The van der Waals surface area contributed by atoms with Crippen molar-refractivity contribution in [1.29, 1.82) is 0 Å². The van der Waals surface area contributed by atoms with Gasteiger partial charge in [0.15, 0.2) is 0 Å². The topological polar surface area (TPSA) is 42.2 Å². The first kappa shape index (κ1) is 13.3. The van der Waals surface area contributed by atoms with E-state index in [1.807, 2.05) is 11.3 Å². The molecule has 3 heterocycles. The molecule has 1 aliphatic carbocycles. The molecule has 110 valence electrons. The summed E-state index contributed by atoms with van der Waals surface area (Å²) in [6.45, 7) is 3.92. The summed E-state index contributed by atoms with van der Waals surface area (Å²) in [5, 5.41) is 2.21. The molecule has 0 saturated heterocycles. The maximum absolute atomic E-state index is 6.01. The van der Waals surface area contributed by atoms with Gasteiger partial charge in [-0.05, 0) is 61.2 Å². The van der Waals surface area contributed by atoms with E-state index in [-0.39, 0.29) is 0 Å². The van der Waals surface area contributed by atoms with E-state index in [1.54, 1.807) is 0 Å². The molecule has 0 amide bonds. The molecule has 21 heavy (non-hydrogen) atoms. The molecule has 2 aliphatic rings. The third-order valence-corrected chi connectivity index (χ3v) is 5.87. The first-order chi connectivity index (χ1) is 10.3. The molecule has 2 N–H and O–H groups in total. The van der Waals surface area contributed by atoms with Gasteiger partial charge in [-0.1, -0.05) is 0 Å². The van der Waals surface area contributed by atoms with E-state index >= 15 is 0 Å². The zero-order valence-corrected chi connectivity index (χ0v) is 13.2. The van der Waals surface area contributed by atoms with E-state index in [9.17, 15) is 0 Å². The van der Waals surface area contributed by atoms with Gasteiger partial charge < -0.3 is 10.6 Å². The van der Waals surface area contributed by atoms with Crippen molar-refractivity contribution in [3.05, 3.63) is 44.8 Å². The highest BCUT2D eigenvalue weighted by Gasteiger charge is 2.28. The first-order valence-corrected chi connectivity index (χ1v) is 8.70. The molecular weight excluding hydrogens is 278 g/mol. The minimum absolute atomic E-state index is 0.400. The van der Waals surface area contributed by atoms with Crippen molar-refractivity contribution in [1.82, 2.24) is 4.98 Å². The molecule has 3 nitrogen and oxygen atoms in total. The normalized spacial score (nSPS) is 20.5. The minimum atomic E-state index is 0.400. The van der Waals surface area contributed by atoms with Gasteiger partial charge in [0, 0.05) is 29.2 Å². The molecular formula is C17H21N3S. The third kappa shape index (κ3) is 2.09. The number of aromatic nitrogens is 1. The number of pyridine rings is 1. The van der Waals surface area contributed by atoms with E-state index in [4.69, 9.17) is 10.7 Å². The summed E-state index contributed by atoms with van der Waals surface area (Å²) in [5.41, 5.74) is 11.4. The van der Waals surface area contributed by atoms with Crippen LogP contribution in [0.15, 0.2) is 17.5 Å². The van der Waals surface area contributed by atoms with Crippen molar-refractivity contribution in [2.75, 3.05) is 11.4 Å². The van der Waals surface area contributed by atoms with Crippen LogP contribution in [0.1, 0.15) is 46.6 Å². The van der Waals surface area contributed by atoms with Gasteiger partial charge in [-0.3, -0.25) is 0 Å². The number of thiophene rings is 1. The molecule has 0 fully saturated rings. The predicted octanol–water partition coefficient (Wildman–Crippen LogP) is 3.21. The van der Waals surface area contributed by atoms with Gasteiger partial charge in [0.2, 0.25) is 0 Å². The van der Waals surface area contributed by atoms with E-state index < -0.39 is 0 Å². The van der Waals surface area contributed by atoms with Crippen LogP contribution in [-0.4, -0.2) is 11.5 Å². The Labute approximate surface area is 129 Å². The third-order valence-electron chi connectivity index (χ3n) is 4.88. The van der Waals surface area contributed by atoms with Crippen LogP contribution in [0.3, 0.4) is 0 Å². The van der Waals surface area contributed by atoms with E-state index in [0.29, 0.717) is 12.6 Å². The van der Waals surface area contributed by atoms with Gasteiger partial charge in [0.25, 0.3) is 0 Å². The van der Waals surface area contributed by atoms with Gasteiger partial charge in [-0.15, -0.1) is 11.3 Å². The molecule has 0 aromatic carbocycles. The molecule has 0 bridgehead atoms. The summed E-state index contributed by atoms with van der Waals surface area (Å²) in [7, 11) is 0. The van der Waals surface area contributed by atoms with E-state index in [1.165, 1.54) is 40.1 Å². The number of aryl methyl sites for hydroxylation is 2. The predicted molar refractivity (Wildman–Crippen MR) is 87.9 cm³/mol. The van der Waals surface area contributed by atoms with Crippen LogP contribution in [0.5, 0.6) is 0 Å². The Hall–Kier alpha value is -1.39. The van der Waals surface area contributed by atoms with Crippen LogP contribution in [0.4, 0.5) is 5.82 Å². The second-order valence-corrected chi connectivity index (χ2v) is 7.05. The molecule has 4 heteroatoms. The summed E-state index contributed by atoms with van der Waals surface area (Å²) in [6, 6.07) is 4.98. The van der Waals surface area contributed by atoms with Gasteiger partial charge in [-0.2, -0.15) is 0 Å². The van der Waals surface area contributed by atoms with Gasteiger partial charge in [0.1, 0.15) is 5.82 Å². The van der Waals surface area contributed by atoms with Crippen LogP contribution < -0.4 is 10.6 Å². The molecule has 2 aromatic heterocycles.